The van der Waals surface area contributed by atoms with E-state index in [9.17, 15) is 14.4 Å². The molecule has 1 aliphatic heterocycles. The second-order valence-corrected chi connectivity index (χ2v) is 10.5. The molecule has 0 radical (unpaired) electrons. The highest BCUT2D eigenvalue weighted by Gasteiger charge is 2.36. The van der Waals surface area contributed by atoms with E-state index in [4.69, 9.17) is 20.2 Å². The number of hydrogen-bond acceptors (Lipinski definition) is 6. The smallest absolute Gasteiger partial charge is 0.306 e. The van der Waals surface area contributed by atoms with Crippen LogP contribution in [0.3, 0.4) is 0 Å². The van der Waals surface area contributed by atoms with Crippen molar-refractivity contribution in [2.45, 2.75) is 58.7 Å². The Morgan fingerprint density at radius 2 is 1.76 bits per heavy atom. The molecule has 0 aliphatic carbocycles. The molecule has 2 amide bonds. The van der Waals surface area contributed by atoms with E-state index in [1.165, 1.54) is 4.90 Å². The van der Waals surface area contributed by atoms with Gasteiger partial charge in [0.15, 0.2) is 0 Å². The van der Waals surface area contributed by atoms with Gasteiger partial charge >= 0.3 is 5.97 Å². The number of rotatable bonds is 8. The zero-order chi connectivity index (χ0) is 27.8. The van der Waals surface area contributed by atoms with Gasteiger partial charge in [-0.1, -0.05) is 6.07 Å². The van der Waals surface area contributed by atoms with Crippen molar-refractivity contribution >= 4 is 17.8 Å². The number of carbonyl (C=O) groups excluding carboxylic acids is 3. The van der Waals surface area contributed by atoms with Crippen molar-refractivity contribution in [2.75, 3.05) is 7.11 Å². The van der Waals surface area contributed by atoms with Crippen molar-refractivity contribution in [2.24, 2.45) is 12.8 Å². The largest absolute Gasteiger partial charge is 0.497 e. The number of nitrogens with zero attached hydrogens (tertiary/aromatic N) is 3. The number of fused-ring (bicyclic) bond motifs is 1. The predicted octanol–water partition coefficient (Wildman–Crippen LogP) is 4.00. The number of nitrogens with two attached hydrogens (primary N) is 1. The molecule has 1 atom stereocenters. The molecule has 0 spiro atoms. The molecule has 9 heteroatoms. The van der Waals surface area contributed by atoms with Crippen LogP contribution in [0.15, 0.2) is 42.5 Å². The molecule has 9 nitrogen and oxygen atoms in total. The van der Waals surface area contributed by atoms with Gasteiger partial charge in [-0.05, 0) is 76.1 Å². The van der Waals surface area contributed by atoms with Crippen LogP contribution in [0.1, 0.15) is 55.4 Å². The van der Waals surface area contributed by atoms with Crippen LogP contribution < -0.4 is 10.5 Å². The molecule has 1 unspecified atom stereocenters. The summed E-state index contributed by atoms with van der Waals surface area (Å²) in [6.07, 6.45) is 0.0760. The van der Waals surface area contributed by atoms with Crippen LogP contribution in [-0.4, -0.2) is 51.0 Å². The van der Waals surface area contributed by atoms with E-state index in [1.807, 2.05) is 54.9 Å². The number of esters is 1. The van der Waals surface area contributed by atoms with E-state index in [0.717, 1.165) is 39.7 Å². The molecule has 2 heterocycles. The zero-order valence-electron chi connectivity index (χ0n) is 22.7. The van der Waals surface area contributed by atoms with Gasteiger partial charge in [0.25, 0.3) is 5.91 Å². The lowest BCUT2D eigenvalue weighted by molar-refractivity contribution is -0.155. The molecule has 2 N–H and O–H groups in total. The maximum Gasteiger partial charge on any atom is 0.306 e. The van der Waals surface area contributed by atoms with E-state index in [-0.39, 0.29) is 25.3 Å². The molecule has 1 aliphatic rings. The van der Waals surface area contributed by atoms with E-state index < -0.39 is 23.5 Å². The fourth-order valence-corrected chi connectivity index (χ4v) is 4.73. The molecule has 1 aromatic heterocycles. The van der Waals surface area contributed by atoms with Crippen molar-refractivity contribution in [3.63, 3.8) is 0 Å². The molecule has 0 bridgehead atoms. The van der Waals surface area contributed by atoms with Gasteiger partial charge in [-0.25, -0.2) is 4.98 Å². The number of amides is 2. The monoisotopic (exact) mass is 518 g/mol. The van der Waals surface area contributed by atoms with Gasteiger partial charge in [-0.15, -0.1) is 0 Å². The summed E-state index contributed by atoms with van der Waals surface area (Å²) in [5, 5.41) is 0. The molecular formula is C29H34N4O5. The summed E-state index contributed by atoms with van der Waals surface area (Å²) < 4.78 is 12.7. The van der Waals surface area contributed by atoms with Crippen LogP contribution in [0.2, 0.25) is 0 Å². The fourth-order valence-electron chi connectivity index (χ4n) is 4.73. The summed E-state index contributed by atoms with van der Waals surface area (Å²) in [6, 6.07) is 12.4. The van der Waals surface area contributed by atoms with Gasteiger partial charge in [0.05, 0.1) is 18.5 Å². The molecule has 0 fully saturated rings. The minimum Gasteiger partial charge on any atom is -0.497 e. The lowest BCUT2D eigenvalue weighted by Gasteiger charge is -2.25. The van der Waals surface area contributed by atoms with Crippen molar-refractivity contribution < 1.29 is 23.9 Å². The van der Waals surface area contributed by atoms with Gasteiger partial charge in [-0.2, -0.15) is 0 Å². The first-order valence-corrected chi connectivity index (χ1v) is 12.5. The maximum atomic E-state index is 13.2. The number of imidazole rings is 1. The number of benzene rings is 2. The summed E-state index contributed by atoms with van der Waals surface area (Å²) in [5.41, 5.74) is 9.90. The Kier molecular flexibility index (Phi) is 7.31. The van der Waals surface area contributed by atoms with Crippen molar-refractivity contribution in [1.82, 2.24) is 14.5 Å². The summed E-state index contributed by atoms with van der Waals surface area (Å²) in [5.74, 6) is 0.233. The highest BCUT2D eigenvalue weighted by atomic mass is 16.6. The van der Waals surface area contributed by atoms with Crippen molar-refractivity contribution in [3.05, 3.63) is 59.4 Å². The van der Waals surface area contributed by atoms with E-state index in [2.05, 4.69) is 0 Å². The average molecular weight is 519 g/mol. The Labute approximate surface area is 222 Å². The third-order valence-corrected chi connectivity index (χ3v) is 6.64. The van der Waals surface area contributed by atoms with Gasteiger partial charge < -0.3 is 24.7 Å². The van der Waals surface area contributed by atoms with Gasteiger partial charge in [-0.3, -0.25) is 14.4 Å². The topological polar surface area (TPSA) is 117 Å². The standard InChI is InChI=1S/C29H34N4O5/c1-17-31-25(26(32(17)5)18-7-10-21(37-6)11-8-18)19-9-12-22-20(15-19)16-33(28(22)36)23(27(30)35)13-14-24(34)38-29(2,3)4/h7-12,15,23H,13-14,16H2,1-6H3,(H2,30,35). The SMILES string of the molecule is COc1ccc(-c2c(-c3ccc4c(c3)CN(C(CCC(=O)OC(C)(C)C)C(N)=O)C4=O)nc(C)n2C)cc1. The Hall–Kier alpha value is -4.14. The average Bonchev–Trinajstić information content (AvgIpc) is 3.33. The van der Waals surface area contributed by atoms with Gasteiger partial charge in [0, 0.05) is 36.7 Å². The molecule has 4 rings (SSSR count). The van der Waals surface area contributed by atoms with Gasteiger partial charge in [0.1, 0.15) is 23.2 Å². The van der Waals surface area contributed by atoms with E-state index in [0.29, 0.717) is 5.56 Å². The van der Waals surface area contributed by atoms with Crippen LogP contribution in [0.5, 0.6) is 5.75 Å². The van der Waals surface area contributed by atoms with E-state index >= 15 is 0 Å². The number of ether oxygens (including phenoxy) is 2. The van der Waals surface area contributed by atoms with Crippen LogP contribution >= 0.6 is 0 Å². The van der Waals surface area contributed by atoms with Crippen LogP contribution in [0, 0.1) is 6.92 Å². The quantitative estimate of drug-likeness (QED) is 0.451. The number of carbonyl (C=O) groups is 3. The molecule has 38 heavy (non-hydrogen) atoms. The number of primary amides is 1. The number of methoxy groups -OCH3 is 1. The van der Waals surface area contributed by atoms with Crippen LogP contribution in [-0.2, 0) is 27.9 Å². The normalized spacial score (nSPS) is 13.8. The molecule has 0 saturated carbocycles. The number of hydrogen-bond donors (Lipinski definition) is 1. The summed E-state index contributed by atoms with van der Waals surface area (Å²) in [4.78, 5) is 44.0. The summed E-state index contributed by atoms with van der Waals surface area (Å²) in [6.45, 7) is 7.48. The number of aromatic nitrogens is 2. The zero-order valence-corrected chi connectivity index (χ0v) is 22.7. The van der Waals surface area contributed by atoms with Gasteiger partial charge in [0.2, 0.25) is 5.91 Å². The highest BCUT2D eigenvalue weighted by molar-refractivity contribution is 6.01. The maximum absolute atomic E-state index is 13.2. The Balaban J connectivity index is 1.61. The van der Waals surface area contributed by atoms with E-state index in [1.54, 1.807) is 33.9 Å². The summed E-state index contributed by atoms with van der Waals surface area (Å²) in [7, 11) is 3.59. The first-order valence-electron chi connectivity index (χ1n) is 12.5. The third-order valence-electron chi connectivity index (χ3n) is 6.64. The van der Waals surface area contributed by atoms with Crippen LogP contribution in [0.4, 0.5) is 0 Å². The lowest BCUT2D eigenvalue weighted by Crippen LogP contribution is -2.45. The van der Waals surface area contributed by atoms with Crippen molar-refractivity contribution in [3.8, 4) is 28.3 Å². The molecular weight excluding hydrogens is 484 g/mol. The first kappa shape index (κ1) is 26.9. The number of aryl methyl sites for hydroxylation is 1. The molecule has 0 saturated heterocycles. The summed E-state index contributed by atoms with van der Waals surface area (Å²) >= 11 is 0. The minimum atomic E-state index is -0.919. The first-order chi connectivity index (χ1) is 17.9. The molecule has 2 aromatic carbocycles. The third kappa shape index (κ3) is 5.41. The molecule has 200 valence electrons. The Morgan fingerprint density at radius 3 is 2.37 bits per heavy atom. The fraction of sp³-hybridized carbons (Fsp3) is 0.379. The Bertz CT molecular complexity index is 1390. The molecule has 3 aromatic rings. The second-order valence-electron chi connectivity index (χ2n) is 10.5. The lowest BCUT2D eigenvalue weighted by atomic mass is 10.0. The second kappa shape index (κ2) is 10.3. The minimum absolute atomic E-state index is 0.0192. The highest BCUT2D eigenvalue weighted by Crippen LogP contribution is 2.36. The van der Waals surface area contributed by atoms with Crippen LogP contribution in [0.25, 0.3) is 22.5 Å². The van der Waals surface area contributed by atoms with Crippen molar-refractivity contribution in [1.29, 1.82) is 0 Å². The predicted molar refractivity (Wildman–Crippen MR) is 143 cm³/mol. The Morgan fingerprint density at radius 1 is 1.11 bits per heavy atom.